The van der Waals surface area contributed by atoms with Gasteiger partial charge in [-0.2, -0.15) is 0 Å². The highest BCUT2D eigenvalue weighted by atomic mass is 19.3. The van der Waals surface area contributed by atoms with Gasteiger partial charge in [0.05, 0.1) is 5.56 Å². The fourth-order valence-electron chi connectivity index (χ4n) is 3.19. The summed E-state index contributed by atoms with van der Waals surface area (Å²) >= 11 is 0. The summed E-state index contributed by atoms with van der Waals surface area (Å²) in [5.74, 6) is 0.523. The Morgan fingerprint density at radius 3 is 2.69 bits per heavy atom. The van der Waals surface area contributed by atoms with Gasteiger partial charge in [0.15, 0.2) is 0 Å². The number of nitrogen functional groups attached to an aromatic ring is 1. The van der Waals surface area contributed by atoms with Crippen molar-refractivity contribution in [3.05, 3.63) is 77.9 Å². The van der Waals surface area contributed by atoms with Crippen molar-refractivity contribution in [2.24, 2.45) is 5.73 Å². The average Bonchev–Trinajstić information content (AvgIpc) is 2.78. The van der Waals surface area contributed by atoms with Gasteiger partial charge in [-0.05, 0) is 41.3 Å². The molecule has 0 bridgehead atoms. The third kappa shape index (κ3) is 4.44. The first-order valence-corrected chi connectivity index (χ1v) is 9.50. The minimum Gasteiger partial charge on any atom is -0.439 e. The summed E-state index contributed by atoms with van der Waals surface area (Å²) in [4.78, 5) is 24.8. The molecule has 0 spiro atoms. The van der Waals surface area contributed by atoms with Crippen molar-refractivity contribution in [2.75, 3.05) is 11.1 Å². The number of nitrogens with one attached hydrogen (secondary N) is 1. The second kappa shape index (κ2) is 8.90. The summed E-state index contributed by atoms with van der Waals surface area (Å²) in [5.41, 5.74) is 11.8. The molecule has 0 saturated carbocycles. The van der Waals surface area contributed by atoms with Crippen LogP contribution in [0.3, 0.4) is 0 Å². The third-order valence-corrected chi connectivity index (χ3v) is 4.72. The predicted octanol–water partition coefficient (Wildman–Crippen LogP) is 4.05. The molecular formula is C22H18F2N6O2. The normalized spacial score (nSPS) is 11.0. The molecule has 0 radical (unpaired) electrons. The van der Waals surface area contributed by atoms with E-state index in [-0.39, 0.29) is 35.1 Å². The van der Waals surface area contributed by atoms with Crippen LogP contribution in [0.2, 0.25) is 0 Å². The highest BCUT2D eigenvalue weighted by Gasteiger charge is 2.16. The molecule has 0 fully saturated rings. The van der Waals surface area contributed by atoms with E-state index in [2.05, 4.69) is 20.3 Å². The molecule has 0 atom stereocenters. The smallest absolute Gasteiger partial charge is 0.264 e. The van der Waals surface area contributed by atoms with E-state index in [1.54, 1.807) is 24.4 Å². The van der Waals surface area contributed by atoms with Crippen LogP contribution in [0.4, 0.5) is 20.3 Å². The van der Waals surface area contributed by atoms with Crippen LogP contribution in [-0.2, 0) is 6.54 Å². The first-order valence-electron chi connectivity index (χ1n) is 9.50. The molecule has 162 valence electrons. The minimum atomic E-state index is -2.70. The van der Waals surface area contributed by atoms with E-state index in [4.69, 9.17) is 16.2 Å². The minimum absolute atomic E-state index is 0.0207. The molecule has 4 aromatic rings. The Bertz CT molecular complexity index is 1300. The number of nitrogens with zero attached hydrogens (tertiary/aromatic N) is 3. The zero-order chi connectivity index (χ0) is 22.7. The fourth-order valence-corrected chi connectivity index (χ4v) is 3.19. The Morgan fingerprint density at radius 1 is 1.09 bits per heavy atom. The molecule has 0 unspecified atom stereocenters. The number of ether oxygens (including phenoxy) is 1. The van der Waals surface area contributed by atoms with Crippen molar-refractivity contribution >= 4 is 28.2 Å². The number of nitrogens with two attached hydrogens (primary N) is 2. The summed E-state index contributed by atoms with van der Waals surface area (Å²) in [5, 5.41) is 3.90. The maximum atomic E-state index is 13.3. The molecule has 2 heterocycles. The van der Waals surface area contributed by atoms with Gasteiger partial charge in [-0.3, -0.25) is 9.78 Å². The number of aromatic nitrogens is 3. The largest absolute Gasteiger partial charge is 0.439 e. The molecule has 5 N–H and O–H groups in total. The zero-order valence-corrected chi connectivity index (χ0v) is 16.6. The number of carbonyl (C=O) groups is 1. The van der Waals surface area contributed by atoms with Crippen molar-refractivity contribution in [3.63, 3.8) is 0 Å². The molecule has 10 heteroatoms. The Balaban J connectivity index is 1.60. The van der Waals surface area contributed by atoms with Gasteiger partial charge in [0.2, 0.25) is 5.88 Å². The molecule has 8 nitrogen and oxygen atoms in total. The van der Waals surface area contributed by atoms with Crippen molar-refractivity contribution in [1.82, 2.24) is 15.0 Å². The van der Waals surface area contributed by atoms with Gasteiger partial charge in [0.25, 0.3) is 12.3 Å². The highest BCUT2D eigenvalue weighted by molar-refractivity contribution is 6.12. The number of carbonyl (C=O) groups excluding carboxylic acids is 1. The van der Waals surface area contributed by atoms with Gasteiger partial charge in [0, 0.05) is 41.6 Å². The predicted molar refractivity (Wildman–Crippen MR) is 116 cm³/mol. The van der Waals surface area contributed by atoms with Gasteiger partial charge < -0.3 is 21.5 Å². The first kappa shape index (κ1) is 21.1. The highest BCUT2D eigenvalue weighted by Crippen LogP contribution is 2.28. The number of amides is 1. The number of rotatable bonds is 6. The van der Waals surface area contributed by atoms with Crippen molar-refractivity contribution in [2.45, 2.75) is 13.0 Å². The van der Waals surface area contributed by atoms with E-state index in [1.807, 2.05) is 0 Å². The van der Waals surface area contributed by atoms with Gasteiger partial charge in [-0.15, -0.1) is 0 Å². The summed E-state index contributed by atoms with van der Waals surface area (Å²) in [6.45, 7) is -0.0207. The standard InChI is InChI=1S/C22H18F2N6O2/c23-21(24)17-6-14(2-1-12(17)8-25)30-22(31)18-10-27-9-13-5-15(3-4-16(13)18)32-20-7-19(26)28-11-29-20/h1-7,9-11,21H,8,25H2,(H,30,31)(H2,26,28,29). The lowest BCUT2D eigenvalue weighted by atomic mass is 10.1. The van der Waals surface area contributed by atoms with E-state index in [0.717, 1.165) is 0 Å². The molecule has 0 saturated heterocycles. The van der Waals surface area contributed by atoms with Crippen LogP contribution in [-0.4, -0.2) is 20.9 Å². The molecule has 4 rings (SSSR count). The topological polar surface area (TPSA) is 129 Å². The lowest BCUT2D eigenvalue weighted by Crippen LogP contribution is -2.13. The number of fused-ring (bicyclic) bond motifs is 1. The number of pyridine rings is 1. The number of hydrogen-bond donors (Lipinski definition) is 3. The lowest BCUT2D eigenvalue weighted by Gasteiger charge is -2.12. The van der Waals surface area contributed by atoms with Crippen molar-refractivity contribution in [1.29, 1.82) is 0 Å². The Morgan fingerprint density at radius 2 is 1.94 bits per heavy atom. The summed E-state index contributed by atoms with van der Waals surface area (Å²) < 4.78 is 32.2. The number of alkyl halides is 2. The summed E-state index contributed by atoms with van der Waals surface area (Å²) in [7, 11) is 0. The van der Waals surface area contributed by atoms with Crippen LogP contribution in [0.5, 0.6) is 11.6 Å². The van der Waals surface area contributed by atoms with Crippen LogP contribution >= 0.6 is 0 Å². The first-order chi connectivity index (χ1) is 15.4. The van der Waals surface area contributed by atoms with Crippen LogP contribution in [0.15, 0.2) is 61.2 Å². The SMILES string of the molecule is NCc1ccc(NC(=O)c2cncc3cc(Oc4cc(N)ncn4)ccc23)cc1C(F)F. The molecule has 1 amide bonds. The molecule has 2 aromatic carbocycles. The third-order valence-electron chi connectivity index (χ3n) is 4.72. The van der Waals surface area contributed by atoms with Crippen LogP contribution in [0, 0.1) is 0 Å². The number of anilines is 2. The number of benzene rings is 2. The van der Waals surface area contributed by atoms with E-state index in [9.17, 15) is 13.6 Å². The maximum absolute atomic E-state index is 13.3. The van der Waals surface area contributed by atoms with Crippen molar-refractivity contribution < 1.29 is 18.3 Å². The second-order valence-corrected chi connectivity index (χ2v) is 6.83. The van der Waals surface area contributed by atoms with Crippen LogP contribution in [0.25, 0.3) is 10.8 Å². The van der Waals surface area contributed by atoms with Crippen LogP contribution < -0.4 is 21.5 Å². The number of halogens is 2. The Kier molecular flexibility index (Phi) is 5.86. The zero-order valence-electron chi connectivity index (χ0n) is 16.6. The molecule has 0 aliphatic carbocycles. The molecule has 0 aliphatic rings. The van der Waals surface area contributed by atoms with E-state index in [1.165, 1.54) is 36.8 Å². The van der Waals surface area contributed by atoms with Gasteiger partial charge >= 0.3 is 0 Å². The number of hydrogen-bond acceptors (Lipinski definition) is 7. The van der Waals surface area contributed by atoms with Gasteiger partial charge in [-0.25, -0.2) is 18.7 Å². The van der Waals surface area contributed by atoms with Gasteiger partial charge in [0.1, 0.15) is 17.9 Å². The quantitative estimate of drug-likeness (QED) is 0.416. The van der Waals surface area contributed by atoms with Crippen LogP contribution in [0.1, 0.15) is 27.9 Å². The van der Waals surface area contributed by atoms with E-state index < -0.39 is 12.3 Å². The van der Waals surface area contributed by atoms with Crippen molar-refractivity contribution in [3.8, 4) is 11.6 Å². The Hall–Kier alpha value is -4.18. The molecule has 32 heavy (non-hydrogen) atoms. The van der Waals surface area contributed by atoms with Gasteiger partial charge in [-0.1, -0.05) is 6.07 Å². The second-order valence-electron chi connectivity index (χ2n) is 6.83. The molecular weight excluding hydrogens is 418 g/mol. The maximum Gasteiger partial charge on any atom is 0.264 e. The average molecular weight is 436 g/mol. The molecule has 2 aromatic heterocycles. The van der Waals surface area contributed by atoms with E-state index >= 15 is 0 Å². The van der Waals surface area contributed by atoms with E-state index in [0.29, 0.717) is 22.1 Å². The Labute approximate surface area is 181 Å². The molecule has 0 aliphatic heterocycles. The summed E-state index contributed by atoms with van der Waals surface area (Å²) in [6.07, 6.45) is 1.58. The monoisotopic (exact) mass is 436 g/mol. The fraction of sp³-hybridized carbons (Fsp3) is 0.0909. The summed E-state index contributed by atoms with van der Waals surface area (Å²) in [6, 6.07) is 10.8. The lowest BCUT2D eigenvalue weighted by molar-refractivity contribution is 0.102.